The summed E-state index contributed by atoms with van der Waals surface area (Å²) in [5.74, 6) is 1.12. The van der Waals surface area contributed by atoms with Gasteiger partial charge in [-0.1, -0.05) is 6.92 Å². The van der Waals surface area contributed by atoms with Crippen molar-refractivity contribution in [2.75, 3.05) is 23.4 Å². The number of fused-ring (bicyclic) bond motifs is 1. The van der Waals surface area contributed by atoms with E-state index in [0.717, 1.165) is 34.3 Å². The van der Waals surface area contributed by atoms with Gasteiger partial charge in [-0.25, -0.2) is 19.2 Å². The van der Waals surface area contributed by atoms with Gasteiger partial charge in [0.05, 0.1) is 11.4 Å². The number of ether oxygens (including phenoxy) is 1. The fourth-order valence-electron chi connectivity index (χ4n) is 4.18. The normalized spacial score (nSPS) is 15.7. The maximum Gasteiger partial charge on any atom is 0.507 e. The lowest BCUT2D eigenvalue weighted by Gasteiger charge is -2.24. The number of aromatic nitrogens is 4. The SMILES string of the molecule is CCc1nc2ccc(N3CCC[C@@H]3OC(=O)O)nn2c1N(C)c1nc(-c2ccc(F)cc2)cs1. The van der Waals surface area contributed by atoms with Crippen molar-refractivity contribution in [3.05, 3.63) is 53.3 Å². The van der Waals surface area contributed by atoms with Crippen LogP contribution in [0.2, 0.25) is 0 Å². The lowest BCUT2D eigenvalue weighted by Crippen LogP contribution is -2.34. The molecule has 0 unspecified atom stereocenters. The molecule has 0 bridgehead atoms. The Bertz CT molecular complexity index is 1340. The highest BCUT2D eigenvalue weighted by Gasteiger charge is 2.30. The summed E-state index contributed by atoms with van der Waals surface area (Å²) in [6.45, 7) is 2.69. The van der Waals surface area contributed by atoms with E-state index < -0.39 is 12.4 Å². The summed E-state index contributed by atoms with van der Waals surface area (Å²) in [5, 5.41) is 16.6. The quantitative estimate of drug-likeness (QED) is 0.386. The Kier molecular flexibility index (Phi) is 5.78. The standard InChI is InChI=1S/C23H23FN6O3S/c1-3-16-21(28(2)22-26-17(13-34-22)14-6-8-15(24)9-7-14)30-18(25-16)10-11-19(27-30)29-12-4-5-20(29)33-23(31)32/h6-11,13,20H,3-5,12H2,1-2H3,(H,31,32)/t20-/m0/s1. The zero-order valence-electron chi connectivity index (χ0n) is 18.7. The third-order valence-electron chi connectivity index (χ3n) is 5.81. The van der Waals surface area contributed by atoms with E-state index in [-0.39, 0.29) is 5.82 Å². The maximum atomic E-state index is 13.3. The largest absolute Gasteiger partial charge is 0.507 e. The fourth-order valence-corrected chi connectivity index (χ4v) is 4.98. The highest BCUT2D eigenvalue weighted by Crippen LogP contribution is 2.34. The zero-order valence-corrected chi connectivity index (χ0v) is 19.5. The first-order chi connectivity index (χ1) is 16.4. The molecule has 1 N–H and O–H groups in total. The van der Waals surface area contributed by atoms with Gasteiger partial charge < -0.3 is 19.6 Å². The van der Waals surface area contributed by atoms with E-state index in [4.69, 9.17) is 24.9 Å². The van der Waals surface area contributed by atoms with Crippen LogP contribution in [0.5, 0.6) is 0 Å². The molecule has 3 aromatic heterocycles. The molecule has 5 rings (SSSR count). The Balaban J connectivity index is 1.51. The highest BCUT2D eigenvalue weighted by molar-refractivity contribution is 7.14. The van der Waals surface area contributed by atoms with Crippen LogP contribution in [0, 0.1) is 5.82 Å². The number of nitrogens with zero attached hydrogens (tertiary/aromatic N) is 6. The Morgan fingerprint density at radius 3 is 2.79 bits per heavy atom. The molecule has 1 fully saturated rings. The number of thiazole rings is 1. The first-order valence-electron chi connectivity index (χ1n) is 10.9. The molecule has 1 aliphatic heterocycles. The molecule has 0 radical (unpaired) electrons. The highest BCUT2D eigenvalue weighted by atomic mass is 32.1. The van der Waals surface area contributed by atoms with Gasteiger partial charge in [-0.15, -0.1) is 16.4 Å². The molecular weight excluding hydrogens is 459 g/mol. The second kappa shape index (κ2) is 8.90. The Hall–Kier alpha value is -3.73. The first-order valence-corrected chi connectivity index (χ1v) is 11.8. The van der Waals surface area contributed by atoms with Gasteiger partial charge >= 0.3 is 6.16 Å². The van der Waals surface area contributed by atoms with Crippen molar-refractivity contribution in [1.29, 1.82) is 0 Å². The Labute approximate surface area is 199 Å². The minimum Gasteiger partial charge on any atom is -0.450 e. The molecule has 1 atom stereocenters. The van der Waals surface area contributed by atoms with Crippen LogP contribution >= 0.6 is 11.3 Å². The van der Waals surface area contributed by atoms with Crippen LogP contribution in [-0.4, -0.2) is 50.7 Å². The van der Waals surface area contributed by atoms with Crippen LogP contribution in [0.25, 0.3) is 16.9 Å². The number of carbonyl (C=O) groups is 1. The lowest BCUT2D eigenvalue weighted by molar-refractivity contribution is 0.0556. The molecule has 176 valence electrons. The van der Waals surface area contributed by atoms with Gasteiger partial charge in [0.2, 0.25) is 0 Å². The summed E-state index contributed by atoms with van der Waals surface area (Å²) in [7, 11) is 1.91. The van der Waals surface area contributed by atoms with Gasteiger partial charge in [0.25, 0.3) is 0 Å². The van der Waals surface area contributed by atoms with Crippen molar-refractivity contribution < 1.29 is 19.0 Å². The molecule has 34 heavy (non-hydrogen) atoms. The third kappa shape index (κ3) is 4.03. The molecule has 4 heterocycles. The predicted molar refractivity (Wildman–Crippen MR) is 127 cm³/mol. The molecule has 1 saturated heterocycles. The van der Waals surface area contributed by atoms with Crippen molar-refractivity contribution in [2.45, 2.75) is 32.4 Å². The van der Waals surface area contributed by atoms with E-state index in [1.165, 1.54) is 23.5 Å². The minimum atomic E-state index is -1.30. The third-order valence-corrected chi connectivity index (χ3v) is 6.73. The number of rotatable bonds is 6. The van der Waals surface area contributed by atoms with Crippen LogP contribution in [0.1, 0.15) is 25.5 Å². The van der Waals surface area contributed by atoms with Crippen LogP contribution in [-0.2, 0) is 11.2 Å². The number of aryl methyl sites for hydroxylation is 1. The van der Waals surface area contributed by atoms with E-state index >= 15 is 0 Å². The van der Waals surface area contributed by atoms with Crippen molar-refractivity contribution in [1.82, 2.24) is 19.6 Å². The topological polar surface area (TPSA) is 96.1 Å². The second-order valence-electron chi connectivity index (χ2n) is 7.95. The van der Waals surface area contributed by atoms with E-state index in [1.54, 1.807) is 16.6 Å². The fraction of sp³-hybridized carbons (Fsp3) is 0.304. The Morgan fingerprint density at radius 1 is 1.26 bits per heavy atom. The molecule has 1 aliphatic rings. The molecule has 0 aliphatic carbocycles. The average Bonchev–Trinajstić information content (AvgIpc) is 3.56. The van der Waals surface area contributed by atoms with Crippen LogP contribution < -0.4 is 9.80 Å². The summed E-state index contributed by atoms with van der Waals surface area (Å²) in [6, 6.07) is 9.97. The molecule has 9 nitrogen and oxygen atoms in total. The van der Waals surface area contributed by atoms with Gasteiger partial charge in [0.1, 0.15) is 5.82 Å². The number of halogens is 1. The van der Waals surface area contributed by atoms with Crippen molar-refractivity contribution in [2.24, 2.45) is 0 Å². The van der Waals surface area contributed by atoms with Crippen LogP contribution in [0.15, 0.2) is 41.8 Å². The summed E-state index contributed by atoms with van der Waals surface area (Å²) in [5.41, 5.74) is 3.15. The molecule has 11 heteroatoms. The second-order valence-corrected chi connectivity index (χ2v) is 8.79. The zero-order chi connectivity index (χ0) is 23.8. The van der Waals surface area contributed by atoms with Gasteiger partial charge in [-0.2, -0.15) is 4.52 Å². The number of imidazole rings is 1. The summed E-state index contributed by atoms with van der Waals surface area (Å²) in [4.78, 5) is 24.4. The lowest BCUT2D eigenvalue weighted by atomic mass is 10.2. The molecule has 0 saturated carbocycles. The van der Waals surface area contributed by atoms with Gasteiger partial charge in [-0.3, -0.25) is 0 Å². The van der Waals surface area contributed by atoms with Crippen molar-refractivity contribution >= 4 is 39.9 Å². The van der Waals surface area contributed by atoms with Crippen molar-refractivity contribution in [3.63, 3.8) is 0 Å². The van der Waals surface area contributed by atoms with Gasteiger partial charge in [0, 0.05) is 31.0 Å². The average molecular weight is 483 g/mol. The van der Waals surface area contributed by atoms with E-state index in [2.05, 4.69) is 0 Å². The van der Waals surface area contributed by atoms with Crippen LogP contribution in [0.3, 0.4) is 0 Å². The minimum absolute atomic E-state index is 0.287. The molecular formula is C23H23FN6O3S. The number of anilines is 3. The summed E-state index contributed by atoms with van der Waals surface area (Å²) in [6.07, 6.45) is 0.280. The number of hydrogen-bond acceptors (Lipinski definition) is 8. The maximum absolute atomic E-state index is 13.3. The molecule has 4 aromatic rings. The Morgan fingerprint density at radius 2 is 2.06 bits per heavy atom. The van der Waals surface area contributed by atoms with E-state index in [0.29, 0.717) is 30.9 Å². The monoisotopic (exact) mass is 482 g/mol. The first kappa shape index (κ1) is 22.1. The number of carboxylic acid groups (broad SMARTS) is 1. The van der Waals surface area contributed by atoms with Crippen LogP contribution in [0.4, 0.5) is 26.0 Å². The van der Waals surface area contributed by atoms with E-state index in [9.17, 15) is 9.18 Å². The smallest absolute Gasteiger partial charge is 0.450 e. The van der Waals surface area contributed by atoms with Gasteiger partial charge in [-0.05, 0) is 49.2 Å². The number of hydrogen-bond donors (Lipinski definition) is 1. The summed E-state index contributed by atoms with van der Waals surface area (Å²) < 4.78 is 20.1. The summed E-state index contributed by atoms with van der Waals surface area (Å²) >= 11 is 1.48. The predicted octanol–water partition coefficient (Wildman–Crippen LogP) is 4.94. The van der Waals surface area contributed by atoms with E-state index in [1.807, 2.05) is 41.3 Å². The van der Waals surface area contributed by atoms with Gasteiger partial charge in [0.15, 0.2) is 28.6 Å². The number of benzene rings is 1. The van der Waals surface area contributed by atoms with Crippen molar-refractivity contribution in [3.8, 4) is 11.3 Å². The molecule has 0 spiro atoms. The molecule has 1 aromatic carbocycles. The molecule has 0 amide bonds.